The molecule has 118 valence electrons. The Bertz CT molecular complexity index is 1080. The normalized spacial score (nSPS) is 11.2. The van der Waals surface area contributed by atoms with E-state index in [4.69, 9.17) is 0 Å². The molecule has 2 heterocycles. The zero-order valence-electron chi connectivity index (χ0n) is 13.5. The first-order valence-electron chi connectivity index (χ1n) is 8.33. The van der Waals surface area contributed by atoms with Gasteiger partial charge in [0.15, 0.2) is 0 Å². The van der Waals surface area contributed by atoms with Crippen molar-refractivity contribution in [2.45, 2.75) is 0 Å². The fraction of sp³-hybridized carbons (Fsp3) is 0. The predicted octanol–water partition coefficient (Wildman–Crippen LogP) is 5.78. The van der Waals surface area contributed by atoms with E-state index in [0.29, 0.717) is 0 Å². The molecular weight excluding hydrogens is 369 g/mol. The second-order valence-corrected chi connectivity index (χ2v) is 8.19. The van der Waals surface area contributed by atoms with E-state index in [1.165, 1.54) is 36.0 Å². The second-order valence-electron chi connectivity index (χ2n) is 6.05. The van der Waals surface area contributed by atoms with Crippen LogP contribution < -0.4 is 0 Å². The van der Waals surface area contributed by atoms with Gasteiger partial charge in [-0.25, -0.2) is 0 Å². The van der Waals surface area contributed by atoms with Gasteiger partial charge >= 0.3 is 152 Å². The molecule has 5 rings (SSSR count). The summed E-state index contributed by atoms with van der Waals surface area (Å²) in [6, 6.07) is 30.2. The monoisotopic (exact) mass is 385 g/mol. The third kappa shape index (κ3) is 2.42. The number of pyridine rings is 1. The summed E-state index contributed by atoms with van der Waals surface area (Å²) in [4.78, 5) is 4.58. The van der Waals surface area contributed by atoms with Crippen LogP contribution in [0.1, 0.15) is 0 Å². The number of hydrogen-bond acceptors (Lipinski definition) is 1. The van der Waals surface area contributed by atoms with Crippen LogP contribution in [0.3, 0.4) is 0 Å². The molecule has 0 radical (unpaired) electrons. The van der Waals surface area contributed by atoms with Crippen LogP contribution in [-0.4, -0.2) is 19.5 Å². The third-order valence-electron chi connectivity index (χ3n) is 4.55. The van der Waals surface area contributed by atoms with E-state index in [9.17, 15) is 0 Å². The molecular formula is C23H15NSe. The number of hydrogen-bond donors (Lipinski definition) is 0. The van der Waals surface area contributed by atoms with Gasteiger partial charge in [-0.1, -0.05) is 0 Å². The van der Waals surface area contributed by atoms with E-state index in [0.717, 1.165) is 5.69 Å². The predicted molar refractivity (Wildman–Crippen MR) is 107 cm³/mol. The van der Waals surface area contributed by atoms with Crippen LogP contribution in [0.25, 0.3) is 41.7 Å². The molecule has 0 saturated carbocycles. The van der Waals surface area contributed by atoms with Gasteiger partial charge < -0.3 is 0 Å². The zero-order valence-corrected chi connectivity index (χ0v) is 15.2. The van der Waals surface area contributed by atoms with Crippen LogP contribution >= 0.6 is 0 Å². The average molecular weight is 384 g/mol. The van der Waals surface area contributed by atoms with Gasteiger partial charge in [-0.2, -0.15) is 0 Å². The van der Waals surface area contributed by atoms with E-state index >= 15 is 0 Å². The van der Waals surface area contributed by atoms with Gasteiger partial charge in [-0.3, -0.25) is 0 Å². The first kappa shape index (κ1) is 14.7. The number of rotatable bonds is 2. The summed E-state index contributed by atoms with van der Waals surface area (Å²) in [6.45, 7) is 0. The van der Waals surface area contributed by atoms with Gasteiger partial charge in [-0.15, -0.1) is 0 Å². The molecule has 0 N–H and O–H groups in total. The summed E-state index contributed by atoms with van der Waals surface area (Å²) in [6.07, 6.45) is 1.87. The summed E-state index contributed by atoms with van der Waals surface area (Å²) < 4.78 is 2.94. The number of fused-ring (bicyclic) bond motifs is 3. The van der Waals surface area contributed by atoms with Crippen molar-refractivity contribution >= 4 is 33.8 Å². The first-order valence-corrected chi connectivity index (χ1v) is 10.0. The van der Waals surface area contributed by atoms with Crippen LogP contribution in [0.2, 0.25) is 0 Å². The number of nitrogens with zero attached hydrogens (tertiary/aromatic N) is 1. The molecule has 0 unspecified atom stereocenters. The molecule has 0 aliphatic rings. The number of aromatic nitrogens is 1. The van der Waals surface area contributed by atoms with E-state index in [2.05, 4.69) is 83.8 Å². The van der Waals surface area contributed by atoms with Crippen molar-refractivity contribution in [1.82, 2.24) is 4.98 Å². The van der Waals surface area contributed by atoms with Crippen LogP contribution in [0.15, 0.2) is 91.1 Å². The van der Waals surface area contributed by atoms with Crippen LogP contribution in [0.5, 0.6) is 0 Å². The van der Waals surface area contributed by atoms with Gasteiger partial charge in [0.1, 0.15) is 0 Å². The third-order valence-corrected chi connectivity index (χ3v) is 7.25. The SMILES string of the molecule is c1ccc(-c2cccc3c2[se]c2c(-c4ccccn4)cccc23)cc1. The Balaban J connectivity index is 1.85. The maximum atomic E-state index is 4.58. The van der Waals surface area contributed by atoms with Crippen molar-refractivity contribution in [3.8, 4) is 22.4 Å². The molecule has 25 heavy (non-hydrogen) atoms. The van der Waals surface area contributed by atoms with Crippen molar-refractivity contribution in [2.75, 3.05) is 0 Å². The second kappa shape index (κ2) is 6.00. The molecule has 2 heteroatoms. The van der Waals surface area contributed by atoms with Gasteiger partial charge in [0.2, 0.25) is 0 Å². The van der Waals surface area contributed by atoms with Crippen LogP contribution in [-0.2, 0) is 0 Å². The molecule has 2 aromatic heterocycles. The Morgan fingerprint density at radius 3 is 1.96 bits per heavy atom. The van der Waals surface area contributed by atoms with Crippen molar-refractivity contribution in [2.24, 2.45) is 0 Å². The summed E-state index contributed by atoms with van der Waals surface area (Å²) in [5.41, 5.74) is 5.00. The fourth-order valence-electron chi connectivity index (χ4n) is 3.39. The van der Waals surface area contributed by atoms with Crippen molar-refractivity contribution in [1.29, 1.82) is 0 Å². The summed E-state index contributed by atoms with van der Waals surface area (Å²) in [5, 5.41) is 2.75. The molecule has 0 spiro atoms. The van der Waals surface area contributed by atoms with Crippen molar-refractivity contribution in [3.05, 3.63) is 91.1 Å². The van der Waals surface area contributed by atoms with E-state index in [1.807, 2.05) is 12.3 Å². The van der Waals surface area contributed by atoms with Gasteiger partial charge in [-0.05, 0) is 0 Å². The summed E-state index contributed by atoms with van der Waals surface area (Å²) in [7, 11) is 0. The molecule has 0 bridgehead atoms. The Hall–Kier alpha value is -2.67. The molecule has 0 aliphatic heterocycles. The van der Waals surface area contributed by atoms with Crippen molar-refractivity contribution < 1.29 is 0 Å². The molecule has 1 nitrogen and oxygen atoms in total. The molecule has 5 aromatic rings. The van der Waals surface area contributed by atoms with Crippen LogP contribution in [0.4, 0.5) is 0 Å². The van der Waals surface area contributed by atoms with Gasteiger partial charge in [0, 0.05) is 0 Å². The maximum absolute atomic E-state index is 4.58. The molecule has 0 saturated heterocycles. The molecule has 0 fully saturated rings. The first-order chi connectivity index (χ1) is 12.4. The Morgan fingerprint density at radius 2 is 1.24 bits per heavy atom. The number of benzene rings is 3. The fourth-order valence-corrected chi connectivity index (χ4v) is 6.24. The van der Waals surface area contributed by atoms with Crippen LogP contribution in [0, 0.1) is 0 Å². The zero-order chi connectivity index (χ0) is 16.6. The minimum atomic E-state index is 0.283. The molecule has 0 atom stereocenters. The topological polar surface area (TPSA) is 12.9 Å². The van der Waals surface area contributed by atoms with Gasteiger partial charge in [0.05, 0.1) is 0 Å². The Kier molecular flexibility index (Phi) is 3.52. The van der Waals surface area contributed by atoms with E-state index < -0.39 is 0 Å². The van der Waals surface area contributed by atoms with E-state index in [1.54, 1.807) is 0 Å². The standard InChI is InChI=1S/C23H15NSe/c1-2-8-16(9-3-1)17-10-6-11-18-19-12-7-13-20(23(19)25-22(17)18)21-14-4-5-15-24-21/h1-15H. The Morgan fingerprint density at radius 1 is 0.560 bits per heavy atom. The molecule has 0 aliphatic carbocycles. The van der Waals surface area contributed by atoms with Gasteiger partial charge in [0.25, 0.3) is 0 Å². The molecule has 3 aromatic carbocycles. The Labute approximate surface area is 152 Å². The minimum absolute atomic E-state index is 0.283. The summed E-state index contributed by atoms with van der Waals surface area (Å²) in [5.74, 6) is 0. The quantitative estimate of drug-likeness (QED) is 0.352. The molecule has 0 amide bonds. The summed E-state index contributed by atoms with van der Waals surface area (Å²) >= 11 is 0.283. The average Bonchev–Trinajstić information content (AvgIpc) is 3.08. The van der Waals surface area contributed by atoms with E-state index in [-0.39, 0.29) is 14.5 Å². The van der Waals surface area contributed by atoms with Crippen molar-refractivity contribution in [3.63, 3.8) is 0 Å².